The molecule has 2 aromatic rings. The van der Waals surface area contributed by atoms with Crippen molar-refractivity contribution in [2.24, 2.45) is 11.8 Å². The molecule has 0 aliphatic carbocycles. The molecule has 0 spiro atoms. The van der Waals surface area contributed by atoms with Gasteiger partial charge in [-0.2, -0.15) is 0 Å². The van der Waals surface area contributed by atoms with Crippen molar-refractivity contribution < 1.29 is 19.8 Å². The average molecular weight is 485 g/mol. The number of thiazole rings is 1. The standard InChI is InChI=1S/C25H32N4O4S/c1-14(2)22(21(31)10-15(3)26)25(33)29-9-5-6-19(29)24(32)27-12-18-8-7-17(11-20(18)30)23-16(4)28-13-34-23/h7-8,10-11,13-14,19,22,26,30-31H,5-6,9,12H2,1-4H3,(H,27,32)/b21-10-,26-15?/t19-,22+/m0/s1. The van der Waals surface area contributed by atoms with Crippen molar-refractivity contribution in [3.05, 3.63) is 46.8 Å². The molecule has 8 nitrogen and oxygen atoms in total. The van der Waals surface area contributed by atoms with E-state index in [0.717, 1.165) is 16.1 Å². The van der Waals surface area contributed by atoms with Crippen molar-refractivity contribution in [2.45, 2.75) is 53.1 Å². The van der Waals surface area contributed by atoms with Crippen LogP contribution in [0.2, 0.25) is 0 Å². The molecule has 1 aliphatic rings. The van der Waals surface area contributed by atoms with E-state index < -0.39 is 12.0 Å². The highest BCUT2D eigenvalue weighted by Crippen LogP contribution is 2.31. The highest BCUT2D eigenvalue weighted by molar-refractivity contribution is 7.13. The third-order valence-corrected chi connectivity index (χ3v) is 6.98. The van der Waals surface area contributed by atoms with Crippen LogP contribution in [0.15, 0.2) is 35.5 Å². The van der Waals surface area contributed by atoms with Crippen molar-refractivity contribution in [3.8, 4) is 16.2 Å². The van der Waals surface area contributed by atoms with Crippen LogP contribution < -0.4 is 5.32 Å². The number of rotatable bonds is 8. The molecule has 2 heterocycles. The number of hydrogen-bond acceptors (Lipinski definition) is 7. The van der Waals surface area contributed by atoms with Crippen LogP contribution >= 0.6 is 11.3 Å². The van der Waals surface area contributed by atoms with Gasteiger partial charge in [0.05, 0.1) is 22.0 Å². The molecule has 34 heavy (non-hydrogen) atoms. The van der Waals surface area contributed by atoms with E-state index >= 15 is 0 Å². The largest absolute Gasteiger partial charge is 0.511 e. The molecule has 4 N–H and O–H groups in total. The Kier molecular flexibility index (Phi) is 8.09. The van der Waals surface area contributed by atoms with Gasteiger partial charge in [-0.25, -0.2) is 4.98 Å². The number of phenolic OH excluding ortho intramolecular Hbond substituents is 1. The number of likely N-dealkylation sites (tertiary alicyclic amines) is 1. The van der Waals surface area contributed by atoms with E-state index in [1.54, 1.807) is 17.6 Å². The third kappa shape index (κ3) is 5.64. The molecule has 1 aromatic carbocycles. The normalized spacial score (nSPS) is 17.1. The minimum atomic E-state index is -0.805. The summed E-state index contributed by atoms with van der Waals surface area (Å²) in [5.74, 6) is -1.66. The lowest BCUT2D eigenvalue weighted by Gasteiger charge is -2.29. The zero-order chi connectivity index (χ0) is 25.0. The maximum absolute atomic E-state index is 13.3. The molecule has 182 valence electrons. The second-order valence-corrected chi connectivity index (χ2v) is 9.85. The van der Waals surface area contributed by atoms with Crippen molar-refractivity contribution in [1.29, 1.82) is 5.41 Å². The Labute approximate surface area is 203 Å². The first-order valence-electron chi connectivity index (χ1n) is 11.4. The first-order chi connectivity index (χ1) is 16.1. The summed E-state index contributed by atoms with van der Waals surface area (Å²) in [6.07, 6.45) is 2.51. The molecule has 1 fully saturated rings. The summed E-state index contributed by atoms with van der Waals surface area (Å²) in [5, 5.41) is 31.4. The number of aromatic hydroxyl groups is 1. The Hall–Kier alpha value is -3.20. The number of aliphatic hydroxyl groups is 1. The predicted octanol–water partition coefficient (Wildman–Crippen LogP) is 4.19. The molecule has 1 saturated heterocycles. The predicted molar refractivity (Wildman–Crippen MR) is 133 cm³/mol. The number of aliphatic hydroxyl groups excluding tert-OH is 1. The van der Waals surface area contributed by atoms with Crippen LogP contribution in [0.5, 0.6) is 5.75 Å². The maximum atomic E-state index is 13.3. The minimum absolute atomic E-state index is 0.0851. The van der Waals surface area contributed by atoms with Gasteiger partial charge in [-0.1, -0.05) is 26.0 Å². The van der Waals surface area contributed by atoms with Crippen LogP contribution in [0, 0.1) is 24.2 Å². The average Bonchev–Trinajstić information content (AvgIpc) is 3.41. The van der Waals surface area contributed by atoms with Gasteiger partial charge in [-0.3, -0.25) is 9.59 Å². The topological polar surface area (TPSA) is 127 Å². The maximum Gasteiger partial charge on any atom is 0.243 e. The van der Waals surface area contributed by atoms with E-state index in [4.69, 9.17) is 5.41 Å². The van der Waals surface area contributed by atoms with Crippen molar-refractivity contribution >= 4 is 28.9 Å². The van der Waals surface area contributed by atoms with E-state index in [-0.39, 0.29) is 41.5 Å². The Morgan fingerprint density at radius 1 is 1.38 bits per heavy atom. The molecule has 0 radical (unpaired) electrons. The van der Waals surface area contributed by atoms with Crippen LogP contribution in [0.4, 0.5) is 0 Å². The van der Waals surface area contributed by atoms with Gasteiger partial charge < -0.3 is 25.8 Å². The molecule has 0 unspecified atom stereocenters. The Morgan fingerprint density at radius 2 is 2.12 bits per heavy atom. The molecule has 9 heteroatoms. The van der Waals surface area contributed by atoms with Gasteiger partial charge in [-0.05, 0) is 50.3 Å². The zero-order valence-electron chi connectivity index (χ0n) is 20.0. The van der Waals surface area contributed by atoms with Gasteiger partial charge in [-0.15, -0.1) is 11.3 Å². The number of phenols is 1. The molecular weight excluding hydrogens is 452 g/mol. The second kappa shape index (κ2) is 10.8. The van der Waals surface area contributed by atoms with Crippen LogP contribution in [-0.4, -0.2) is 50.2 Å². The Morgan fingerprint density at radius 3 is 2.71 bits per heavy atom. The molecule has 1 aliphatic heterocycles. The highest BCUT2D eigenvalue weighted by Gasteiger charge is 2.39. The Bertz CT molecular complexity index is 1110. The van der Waals surface area contributed by atoms with Crippen molar-refractivity contribution in [3.63, 3.8) is 0 Å². The third-order valence-electron chi connectivity index (χ3n) is 6.00. The van der Waals surface area contributed by atoms with Crippen LogP contribution in [-0.2, 0) is 16.1 Å². The fourth-order valence-electron chi connectivity index (χ4n) is 4.28. The smallest absolute Gasteiger partial charge is 0.243 e. The lowest BCUT2D eigenvalue weighted by molar-refractivity contribution is -0.142. The minimum Gasteiger partial charge on any atom is -0.511 e. The van der Waals surface area contributed by atoms with Gasteiger partial charge in [0.1, 0.15) is 17.6 Å². The van der Waals surface area contributed by atoms with Gasteiger partial charge >= 0.3 is 0 Å². The number of benzene rings is 1. The summed E-state index contributed by atoms with van der Waals surface area (Å²) in [7, 11) is 0. The van der Waals surface area contributed by atoms with Gasteiger partial charge in [0.25, 0.3) is 0 Å². The lowest BCUT2D eigenvalue weighted by Crippen LogP contribution is -2.48. The number of carbonyl (C=O) groups excluding carboxylic acids is 2. The monoisotopic (exact) mass is 484 g/mol. The highest BCUT2D eigenvalue weighted by atomic mass is 32.1. The number of aromatic nitrogens is 1. The number of carbonyl (C=O) groups is 2. The molecule has 2 amide bonds. The van der Waals surface area contributed by atoms with Gasteiger partial charge in [0.15, 0.2) is 0 Å². The molecule has 3 rings (SSSR count). The number of nitrogens with zero attached hydrogens (tertiary/aromatic N) is 2. The molecule has 0 bridgehead atoms. The summed E-state index contributed by atoms with van der Waals surface area (Å²) in [6, 6.07) is 4.70. The Balaban J connectivity index is 1.69. The molecule has 1 aromatic heterocycles. The van der Waals surface area contributed by atoms with Gasteiger partial charge in [0, 0.05) is 24.4 Å². The quantitative estimate of drug-likeness (QED) is 0.330. The summed E-state index contributed by atoms with van der Waals surface area (Å²) < 4.78 is 0. The van der Waals surface area contributed by atoms with Crippen LogP contribution in [0.25, 0.3) is 10.4 Å². The number of nitrogens with one attached hydrogen (secondary N) is 2. The van der Waals surface area contributed by atoms with E-state index in [1.165, 1.54) is 29.2 Å². The SMILES string of the molecule is CC(=N)/C=C(\O)[C@H](C(=O)N1CCC[C@H]1C(=O)NCc1ccc(-c2scnc2C)cc1O)C(C)C. The first kappa shape index (κ1) is 25.4. The summed E-state index contributed by atoms with van der Waals surface area (Å²) >= 11 is 1.50. The lowest BCUT2D eigenvalue weighted by atomic mass is 9.91. The van der Waals surface area contributed by atoms with E-state index in [9.17, 15) is 19.8 Å². The van der Waals surface area contributed by atoms with E-state index in [1.807, 2.05) is 26.8 Å². The first-order valence-corrected chi connectivity index (χ1v) is 12.2. The zero-order valence-corrected chi connectivity index (χ0v) is 20.8. The number of amides is 2. The number of allylic oxidation sites excluding steroid dienone is 1. The van der Waals surface area contributed by atoms with E-state index in [2.05, 4.69) is 10.3 Å². The van der Waals surface area contributed by atoms with E-state index in [0.29, 0.717) is 24.9 Å². The molecule has 0 saturated carbocycles. The summed E-state index contributed by atoms with van der Waals surface area (Å²) in [6.45, 7) is 7.68. The fourth-order valence-corrected chi connectivity index (χ4v) is 5.08. The summed E-state index contributed by atoms with van der Waals surface area (Å²) in [4.78, 5) is 33.0. The van der Waals surface area contributed by atoms with Crippen molar-refractivity contribution in [2.75, 3.05) is 6.54 Å². The second-order valence-electron chi connectivity index (χ2n) is 8.99. The fraction of sp³-hybridized carbons (Fsp3) is 0.440. The van der Waals surface area contributed by atoms with Crippen molar-refractivity contribution in [1.82, 2.24) is 15.2 Å². The van der Waals surface area contributed by atoms with Crippen LogP contribution in [0.3, 0.4) is 0 Å². The summed E-state index contributed by atoms with van der Waals surface area (Å²) in [5.41, 5.74) is 4.26. The number of aryl methyl sites for hydroxylation is 1. The van der Waals surface area contributed by atoms with Gasteiger partial charge in [0.2, 0.25) is 11.8 Å². The van der Waals surface area contributed by atoms with Crippen LogP contribution in [0.1, 0.15) is 44.9 Å². The molecular formula is C25H32N4O4S. The molecule has 2 atom stereocenters. The number of hydrogen-bond donors (Lipinski definition) is 4.